The highest BCUT2D eigenvalue weighted by Crippen LogP contribution is 2.35. The van der Waals surface area contributed by atoms with Crippen LogP contribution in [0.15, 0.2) is 48.7 Å². The van der Waals surface area contributed by atoms with Gasteiger partial charge in [0.25, 0.3) is 0 Å². The minimum atomic E-state index is -0.706. The van der Waals surface area contributed by atoms with E-state index in [9.17, 15) is 4.79 Å². The number of halogens is 2. The van der Waals surface area contributed by atoms with Crippen molar-refractivity contribution in [2.75, 3.05) is 14.2 Å². The molecule has 0 fully saturated rings. The normalized spacial score (nSPS) is 10.5. The molecule has 0 unspecified atom stereocenters. The third-order valence-corrected chi connectivity index (χ3v) is 5.27. The summed E-state index contributed by atoms with van der Waals surface area (Å²) in [4.78, 5) is 21.5. The van der Waals surface area contributed by atoms with Crippen LogP contribution in [0.25, 0.3) is 22.4 Å². The van der Waals surface area contributed by atoms with Crippen LogP contribution < -0.4 is 4.74 Å². The van der Waals surface area contributed by atoms with Crippen LogP contribution in [0.3, 0.4) is 0 Å². The van der Waals surface area contributed by atoms with Gasteiger partial charge in [-0.15, -0.1) is 0 Å². The number of carbonyl (C=O) groups excluding carboxylic acids is 1. The Labute approximate surface area is 197 Å². The summed E-state index contributed by atoms with van der Waals surface area (Å²) < 4.78 is 27.0. The molecule has 0 spiro atoms. The second-order valence-corrected chi connectivity index (χ2v) is 7.36. The van der Waals surface area contributed by atoms with E-state index < -0.39 is 11.8 Å². The average Bonchev–Trinajstić information content (AvgIpc) is 3.15. The fourth-order valence-corrected chi connectivity index (χ4v) is 3.76. The molecule has 0 bridgehead atoms. The summed E-state index contributed by atoms with van der Waals surface area (Å²) in [6.07, 6.45) is 1.89. The molecule has 2 aromatic carbocycles. The van der Waals surface area contributed by atoms with Crippen molar-refractivity contribution in [2.24, 2.45) is 0 Å². The van der Waals surface area contributed by atoms with Crippen LogP contribution in [-0.4, -0.2) is 34.7 Å². The summed E-state index contributed by atoms with van der Waals surface area (Å²) in [5.41, 5.74) is 2.50. The van der Waals surface area contributed by atoms with Gasteiger partial charge >= 0.3 is 5.97 Å². The maximum absolute atomic E-state index is 15.1. The van der Waals surface area contributed by atoms with Crippen LogP contribution in [0.2, 0.25) is 5.02 Å². The molecule has 33 heavy (non-hydrogen) atoms. The van der Waals surface area contributed by atoms with Gasteiger partial charge in [-0.3, -0.25) is 0 Å². The van der Waals surface area contributed by atoms with Gasteiger partial charge in [0, 0.05) is 12.7 Å². The molecule has 0 N–H and O–H groups in total. The Balaban J connectivity index is 0.00000149. The summed E-state index contributed by atoms with van der Waals surface area (Å²) in [6, 6.07) is 12.8. The van der Waals surface area contributed by atoms with E-state index in [1.165, 1.54) is 26.4 Å². The zero-order valence-corrected chi connectivity index (χ0v) is 19.9. The fraction of sp³-hybridized carbons (Fsp3) is 0.240. The summed E-state index contributed by atoms with van der Waals surface area (Å²) in [6.45, 7) is 6.39. The molecule has 2 aromatic heterocycles. The summed E-state index contributed by atoms with van der Waals surface area (Å²) in [7, 11) is 2.60. The molecule has 0 saturated carbocycles. The van der Waals surface area contributed by atoms with Crippen LogP contribution >= 0.6 is 11.6 Å². The highest BCUT2D eigenvalue weighted by molar-refractivity contribution is 6.32. The van der Waals surface area contributed by atoms with E-state index in [2.05, 4.69) is 9.97 Å². The van der Waals surface area contributed by atoms with Crippen LogP contribution in [0.5, 0.6) is 5.75 Å². The first-order chi connectivity index (χ1) is 15.9. The Morgan fingerprint density at radius 2 is 1.79 bits per heavy atom. The number of rotatable bonds is 5. The Morgan fingerprint density at radius 3 is 2.42 bits per heavy atom. The number of aromatic nitrogens is 3. The Kier molecular flexibility index (Phi) is 7.66. The highest BCUT2D eigenvalue weighted by Gasteiger charge is 2.24. The standard InChI is InChI=1S/C23H19ClFN3O3.C2H6/c1-13-11-28(12-14-7-5-4-6-8-14)22-17(13)19(23(29)31-3)26-21(27-22)15-9-10-16(24)20(30-2)18(15)25;1-2/h4-11H,12H2,1-3H3;1-2H3. The number of ether oxygens (including phenoxy) is 2. The number of benzene rings is 2. The summed E-state index contributed by atoms with van der Waals surface area (Å²) in [5.74, 6) is -1.41. The number of aryl methyl sites for hydroxylation is 1. The van der Waals surface area contributed by atoms with Crippen molar-refractivity contribution in [3.8, 4) is 17.1 Å². The van der Waals surface area contributed by atoms with Crippen LogP contribution in [0.1, 0.15) is 35.5 Å². The molecule has 2 heterocycles. The van der Waals surface area contributed by atoms with E-state index in [-0.39, 0.29) is 27.9 Å². The molecule has 4 aromatic rings. The SMILES string of the molecule is CC.COC(=O)c1nc(-c2ccc(Cl)c(OC)c2F)nc2c1c(C)cn2Cc1ccccc1. The van der Waals surface area contributed by atoms with E-state index in [4.69, 9.17) is 21.1 Å². The first-order valence-electron chi connectivity index (χ1n) is 10.5. The predicted molar refractivity (Wildman–Crippen MR) is 127 cm³/mol. The second kappa shape index (κ2) is 10.4. The largest absolute Gasteiger partial charge is 0.492 e. The van der Waals surface area contributed by atoms with Gasteiger partial charge in [0.15, 0.2) is 23.1 Å². The second-order valence-electron chi connectivity index (χ2n) is 6.95. The molecule has 6 nitrogen and oxygen atoms in total. The molecular formula is C25H25ClFN3O3. The Bertz CT molecular complexity index is 1290. The first kappa shape index (κ1) is 24.2. The minimum Gasteiger partial charge on any atom is -0.492 e. The van der Waals surface area contributed by atoms with Crippen molar-refractivity contribution >= 4 is 28.6 Å². The topological polar surface area (TPSA) is 66.2 Å². The smallest absolute Gasteiger partial charge is 0.357 e. The van der Waals surface area contributed by atoms with Crippen LogP contribution in [0, 0.1) is 12.7 Å². The molecule has 0 aliphatic rings. The zero-order valence-electron chi connectivity index (χ0n) is 19.1. The summed E-state index contributed by atoms with van der Waals surface area (Å²) >= 11 is 6.02. The van der Waals surface area contributed by atoms with Gasteiger partial charge in [-0.1, -0.05) is 55.8 Å². The molecule has 0 amide bonds. The van der Waals surface area contributed by atoms with E-state index in [0.717, 1.165) is 11.1 Å². The zero-order chi connectivity index (χ0) is 24.1. The van der Waals surface area contributed by atoms with E-state index in [0.29, 0.717) is 17.6 Å². The van der Waals surface area contributed by atoms with Crippen molar-refractivity contribution in [1.29, 1.82) is 0 Å². The van der Waals surface area contributed by atoms with E-state index in [1.54, 1.807) is 0 Å². The van der Waals surface area contributed by atoms with Crippen molar-refractivity contribution in [2.45, 2.75) is 27.3 Å². The number of carbonyl (C=O) groups is 1. The molecule has 0 aliphatic heterocycles. The lowest BCUT2D eigenvalue weighted by Gasteiger charge is -2.11. The van der Waals surface area contributed by atoms with Gasteiger partial charge in [0.1, 0.15) is 5.65 Å². The lowest BCUT2D eigenvalue weighted by molar-refractivity contribution is 0.0596. The Morgan fingerprint density at radius 1 is 1.09 bits per heavy atom. The van der Waals surface area contributed by atoms with Gasteiger partial charge in [0.2, 0.25) is 0 Å². The molecule has 0 radical (unpaired) electrons. The van der Waals surface area contributed by atoms with Crippen molar-refractivity contribution in [3.05, 3.63) is 76.3 Å². The molecule has 172 valence electrons. The maximum atomic E-state index is 15.1. The molecule has 0 aliphatic carbocycles. The van der Waals surface area contributed by atoms with Crippen molar-refractivity contribution < 1.29 is 18.7 Å². The average molecular weight is 470 g/mol. The highest BCUT2D eigenvalue weighted by atomic mass is 35.5. The molecule has 4 rings (SSSR count). The van der Waals surface area contributed by atoms with Crippen LogP contribution in [-0.2, 0) is 11.3 Å². The predicted octanol–water partition coefficient (Wildman–Crippen LogP) is 6.07. The third-order valence-electron chi connectivity index (χ3n) is 4.97. The number of esters is 1. The molecule has 0 atom stereocenters. The molecular weight excluding hydrogens is 445 g/mol. The van der Waals surface area contributed by atoms with E-state index >= 15 is 4.39 Å². The number of nitrogens with zero attached hydrogens (tertiary/aromatic N) is 3. The minimum absolute atomic E-state index is 0.0350. The first-order valence-corrected chi connectivity index (χ1v) is 10.8. The molecule has 8 heteroatoms. The molecule has 0 saturated heterocycles. The Hall–Kier alpha value is -3.45. The number of fused-ring (bicyclic) bond motifs is 1. The number of methoxy groups -OCH3 is 2. The number of hydrogen-bond acceptors (Lipinski definition) is 5. The lowest BCUT2D eigenvalue weighted by Crippen LogP contribution is -2.09. The monoisotopic (exact) mass is 469 g/mol. The van der Waals surface area contributed by atoms with Crippen LogP contribution in [0.4, 0.5) is 4.39 Å². The quantitative estimate of drug-likeness (QED) is 0.332. The summed E-state index contributed by atoms with van der Waals surface area (Å²) in [5, 5.41) is 0.689. The number of hydrogen-bond donors (Lipinski definition) is 0. The van der Waals surface area contributed by atoms with Gasteiger partial charge in [0.05, 0.1) is 30.2 Å². The van der Waals surface area contributed by atoms with Crippen molar-refractivity contribution in [3.63, 3.8) is 0 Å². The van der Waals surface area contributed by atoms with Gasteiger partial charge in [-0.25, -0.2) is 19.2 Å². The fourth-order valence-electron chi connectivity index (χ4n) is 3.54. The van der Waals surface area contributed by atoms with Gasteiger partial charge in [-0.05, 0) is 30.2 Å². The third kappa shape index (κ3) is 4.68. The maximum Gasteiger partial charge on any atom is 0.357 e. The lowest BCUT2D eigenvalue weighted by atomic mass is 10.1. The van der Waals surface area contributed by atoms with Gasteiger partial charge < -0.3 is 14.0 Å². The van der Waals surface area contributed by atoms with Crippen molar-refractivity contribution in [1.82, 2.24) is 14.5 Å². The van der Waals surface area contributed by atoms with E-state index in [1.807, 2.05) is 61.9 Å². The van der Waals surface area contributed by atoms with Gasteiger partial charge in [-0.2, -0.15) is 0 Å².